The second-order valence-electron chi connectivity index (χ2n) is 6.35. The molecule has 0 unspecified atom stereocenters. The van der Waals surface area contributed by atoms with Gasteiger partial charge in [0.25, 0.3) is 0 Å². The van der Waals surface area contributed by atoms with E-state index in [2.05, 4.69) is 0 Å². The van der Waals surface area contributed by atoms with Gasteiger partial charge in [-0.15, -0.1) is 0 Å². The smallest absolute Gasteiger partial charge is 0.00960 e. The summed E-state index contributed by atoms with van der Waals surface area (Å²) in [6.07, 6.45) is 7.41. The largest absolute Gasteiger partial charge is 0.327 e. The molecule has 15 heavy (non-hydrogen) atoms. The lowest BCUT2D eigenvalue weighted by atomic mass is 9.54. The number of rotatable bonds is 0. The summed E-state index contributed by atoms with van der Waals surface area (Å²) in [5, 5.41) is 0. The standard InChI is InChI=1S/C10H17N.C3H9N/c11-10-8-2-6-1-7(4-8)5-9(10)3-6;1-4(2)3/h6-10H,1-5,11H2;1-3H3. The van der Waals surface area contributed by atoms with Gasteiger partial charge in [-0.2, -0.15) is 0 Å². The highest BCUT2D eigenvalue weighted by atomic mass is 15.0. The average Bonchev–Trinajstić information content (AvgIpc) is 2.11. The number of hydrogen-bond acceptors (Lipinski definition) is 2. The van der Waals surface area contributed by atoms with Gasteiger partial charge in [-0.3, -0.25) is 0 Å². The summed E-state index contributed by atoms with van der Waals surface area (Å²) in [5.74, 6) is 4.01. The first-order valence-electron chi connectivity index (χ1n) is 6.42. The lowest BCUT2D eigenvalue weighted by Gasteiger charge is -2.53. The Hall–Kier alpha value is -0.0800. The molecule has 0 heterocycles. The van der Waals surface area contributed by atoms with Crippen LogP contribution in [0.4, 0.5) is 0 Å². The highest BCUT2D eigenvalue weighted by Gasteiger charge is 2.46. The molecule has 4 bridgehead atoms. The van der Waals surface area contributed by atoms with Gasteiger partial charge in [0.15, 0.2) is 0 Å². The van der Waals surface area contributed by atoms with Crippen LogP contribution in [0.2, 0.25) is 0 Å². The zero-order valence-corrected chi connectivity index (χ0v) is 10.4. The molecule has 0 aromatic rings. The molecule has 2 heteroatoms. The molecule has 4 aliphatic rings. The first-order chi connectivity index (χ1) is 7.06. The molecular weight excluding hydrogens is 184 g/mol. The number of nitrogens with two attached hydrogens (primary N) is 1. The molecule has 4 aliphatic carbocycles. The fraction of sp³-hybridized carbons (Fsp3) is 1.00. The predicted octanol–water partition coefficient (Wildman–Crippen LogP) is 1.95. The van der Waals surface area contributed by atoms with Crippen molar-refractivity contribution < 1.29 is 0 Å². The third-order valence-electron chi connectivity index (χ3n) is 4.30. The number of nitrogens with zero attached hydrogens (tertiary/aromatic N) is 1. The molecule has 2 nitrogen and oxygen atoms in total. The Bertz CT molecular complexity index is 182. The van der Waals surface area contributed by atoms with Crippen molar-refractivity contribution in [1.29, 1.82) is 0 Å². The van der Waals surface area contributed by atoms with Gasteiger partial charge in [0.05, 0.1) is 0 Å². The van der Waals surface area contributed by atoms with Crippen LogP contribution in [0.15, 0.2) is 0 Å². The zero-order chi connectivity index (χ0) is 11.0. The molecule has 2 N–H and O–H groups in total. The molecule has 88 valence electrons. The van der Waals surface area contributed by atoms with Crippen LogP contribution in [0.25, 0.3) is 0 Å². The van der Waals surface area contributed by atoms with E-state index in [1.54, 1.807) is 6.42 Å². The van der Waals surface area contributed by atoms with Gasteiger partial charge < -0.3 is 10.6 Å². The second kappa shape index (κ2) is 4.42. The van der Waals surface area contributed by atoms with E-state index >= 15 is 0 Å². The minimum absolute atomic E-state index is 0.586. The van der Waals surface area contributed by atoms with Gasteiger partial charge >= 0.3 is 0 Å². The van der Waals surface area contributed by atoms with E-state index in [1.165, 1.54) is 25.7 Å². The topological polar surface area (TPSA) is 29.3 Å². The van der Waals surface area contributed by atoms with Crippen molar-refractivity contribution in [3.63, 3.8) is 0 Å². The zero-order valence-electron chi connectivity index (χ0n) is 10.4. The van der Waals surface area contributed by atoms with E-state index in [4.69, 9.17) is 5.73 Å². The summed E-state index contributed by atoms with van der Waals surface area (Å²) in [6, 6.07) is 0.586. The summed E-state index contributed by atoms with van der Waals surface area (Å²) in [7, 11) is 6.00. The van der Waals surface area contributed by atoms with Gasteiger partial charge in [0.2, 0.25) is 0 Å². The highest BCUT2D eigenvalue weighted by Crippen LogP contribution is 2.52. The van der Waals surface area contributed by atoms with Gasteiger partial charge in [-0.25, -0.2) is 0 Å². The minimum Gasteiger partial charge on any atom is -0.327 e. The molecule has 0 aromatic heterocycles. The lowest BCUT2D eigenvalue weighted by molar-refractivity contribution is 0.000349. The highest BCUT2D eigenvalue weighted by molar-refractivity contribution is 4.99. The molecule has 0 saturated heterocycles. The van der Waals surface area contributed by atoms with Crippen molar-refractivity contribution in [2.75, 3.05) is 21.1 Å². The van der Waals surface area contributed by atoms with Gasteiger partial charge in [0, 0.05) is 6.04 Å². The summed E-state index contributed by atoms with van der Waals surface area (Å²) in [5.41, 5.74) is 6.17. The van der Waals surface area contributed by atoms with E-state index in [0.717, 1.165) is 23.7 Å². The van der Waals surface area contributed by atoms with E-state index in [-0.39, 0.29) is 0 Å². The third-order valence-corrected chi connectivity index (χ3v) is 4.30. The van der Waals surface area contributed by atoms with Crippen molar-refractivity contribution in [1.82, 2.24) is 4.90 Å². The molecule has 4 fully saturated rings. The van der Waals surface area contributed by atoms with Gasteiger partial charge in [0.1, 0.15) is 0 Å². The first kappa shape index (κ1) is 11.4. The molecule has 0 spiro atoms. The van der Waals surface area contributed by atoms with Crippen molar-refractivity contribution in [2.24, 2.45) is 29.4 Å². The molecule has 0 atom stereocenters. The molecule has 0 aliphatic heterocycles. The Morgan fingerprint density at radius 2 is 1.13 bits per heavy atom. The Morgan fingerprint density at radius 3 is 1.47 bits per heavy atom. The Kier molecular flexibility index (Phi) is 3.36. The van der Waals surface area contributed by atoms with Crippen LogP contribution in [0.1, 0.15) is 32.1 Å². The normalized spacial score (nSPS) is 46.6. The first-order valence-corrected chi connectivity index (χ1v) is 6.42. The monoisotopic (exact) mass is 210 g/mol. The van der Waals surface area contributed by atoms with Crippen molar-refractivity contribution in [2.45, 2.75) is 38.1 Å². The van der Waals surface area contributed by atoms with Crippen LogP contribution >= 0.6 is 0 Å². The lowest BCUT2D eigenvalue weighted by Crippen LogP contribution is -2.52. The maximum Gasteiger partial charge on any atom is 0.00960 e. The summed E-state index contributed by atoms with van der Waals surface area (Å²) >= 11 is 0. The average molecular weight is 210 g/mol. The maximum absolute atomic E-state index is 6.17. The van der Waals surface area contributed by atoms with Gasteiger partial charge in [-0.1, -0.05) is 0 Å². The summed E-state index contributed by atoms with van der Waals surface area (Å²) in [4.78, 5) is 2.00. The Balaban J connectivity index is 0.000000188. The Morgan fingerprint density at radius 1 is 0.800 bits per heavy atom. The van der Waals surface area contributed by atoms with E-state index in [0.29, 0.717) is 6.04 Å². The van der Waals surface area contributed by atoms with Crippen molar-refractivity contribution in [3.8, 4) is 0 Å². The predicted molar refractivity (Wildman–Crippen MR) is 64.6 cm³/mol. The minimum atomic E-state index is 0.586. The van der Waals surface area contributed by atoms with Crippen molar-refractivity contribution >= 4 is 0 Å². The van der Waals surface area contributed by atoms with E-state index < -0.39 is 0 Å². The molecule has 0 radical (unpaired) electrons. The maximum atomic E-state index is 6.17. The molecule has 0 aromatic carbocycles. The van der Waals surface area contributed by atoms with Gasteiger partial charge in [-0.05, 0) is 76.9 Å². The molecule has 4 rings (SSSR count). The fourth-order valence-corrected chi connectivity index (χ4v) is 3.97. The van der Waals surface area contributed by atoms with Crippen LogP contribution in [0.5, 0.6) is 0 Å². The van der Waals surface area contributed by atoms with E-state index in [1.807, 2.05) is 26.0 Å². The van der Waals surface area contributed by atoms with Crippen LogP contribution in [0, 0.1) is 23.7 Å². The fourth-order valence-electron chi connectivity index (χ4n) is 3.97. The summed E-state index contributed by atoms with van der Waals surface area (Å²) in [6.45, 7) is 0. The van der Waals surface area contributed by atoms with Crippen molar-refractivity contribution in [3.05, 3.63) is 0 Å². The SMILES string of the molecule is CN(C)C.NC1C2CC3CC(C2)CC1C3. The van der Waals surface area contributed by atoms with Crippen LogP contribution in [-0.4, -0.2) is 32.1 Å². The molecule has 0 amide bonds. The number of hydrogen-bond donors (Lipinski definition) is 1. The Labute approximate surface area is 94.2 Å². The molecular formula is C13H26N2. The molecule has 4 saturated carbocycles. The van der Waals surface area contributed by atoms with E-state index in [9.17, 15) is 0 Å². The van der Waals surface area contributed by atoms with Crippen LogP contribution in [0.3, 0.4) is 0 Å². The van der Waals surface area contributed by atoms with Crippen LogP contribution < -0.4 is 5.73 Å². The second-order valence-corrected chi connectivity index (χ2v) is 6.35. The summed E-state index contributed by atoms with van der Waals surface area (Å²) < 4.78 is 0. The quantitative estimate of drug-likeness (QED) is 0.662. The third kappa shape index (κ3) is 2.54. The van der Waals surface area contributed by atoms with Crippen LogP contribution in [-0.2, 0) is 0 Å².